The highest BCUT2D eigenvalue weighted by Crippen LogP contribution is 2.31. The number of hydrogen-bond acceptors (Lipinski definition) is 3. The van der Waals surface area contributed by atoms with Crippen molar-refractivity contribution in [3.8, 4) is 0 Å². The largest absolute Gasteiger partial charge is 0.308 e. The average molecular weight is 235 g/mol. The van der Waals surface area contributed by atoms with E-state index >= 15 is 0 Å². The number of nitrogens with one attached hydrogen (secondary N) is 3. The fraction of sp³-hybridized carbons (Fsp3) is 0.538. The monoisotopic (exact) mass is 235 g/mol. The lowest BCUT2D eigenvalue weighted by Crippen LogP contribution is -2.46. The molecule has 17 heavy (non-hydrogen) atoms. The van der Waals surface area contributed by atoms with Gasteiger partial charge < -0.3 is 5.32 Å². The van der Waals surface area contributed by atoms with Crippen LogP contribution in [0, 0.1) is 11.7 Å². The van der Waals surface area contributed by atoms with Crippen molar-refractivity contribution in [2.24, 2.45) is 5.92 Å². The molecule has 4 atom stereocenters. The zero-order chi connectivity index (χ0) is 11.8. The highest BCUT2D eigenvalue weighted by molar-refractivity contribution is 5.21. The maximum atomic E-state index is 13.2. The number of hydrazine groups is 1. The second-order valence-corrected chi connectivity index (χ2v) is 5.10. The van der Waals surface area contributed by atoms with E-state index in [1.807, 2.05) is 6.07 Å². The van der Waals surface area contributed by atoms with Crippen LogP contribution < -0.4 is 16.2 Å². The van der Waals surface area contributed by atoms with Gasteiger partial charge in [0, 0.05) is 24.7 Å². The highest BCUT2D eigenvalue weighted by atomic mass is 19.1. The van der Waals surface area contributed by atoms with E-state index in [-0.39, 0.29) is 11.9 Å². The first-order chi connectivity index (χ1) is 8.24. The summed E-state index contributed by atoms with van der Waals surface area (Å²) in [5.74, 6) is 0.465. The summed E-state index contributed by atoms with van der Waals surface area (Å²) in [7, 11) is 0. The van der Waals surface area contributed by atoms with Crippen LogP contribution in [0.1, 0.15) is 24.9 Å². The van der Waals surface area contributed by atoms with E-state index in [4.69, 9.17) is 0 Å². The summed E-state index contributed by atoms with van der Waals surface area (Å²) in [5, 5.41) is 3.49. The van der Waals surface area contributed by atoms with Crippen molar-refractivity contribution in [3.63, 3.8) is 0 Å². The minimum absolute atomic E-state index is 0.151. The Morgan fingerprint density at radius 3 is 3.00 bits per heavy atom. The van der Waals surface area contributed by atoms with Gasteiger partial charge in [0.1, 0.15) is 5.82 Å². The van der Waals surface area contributed by atoms with Gasteiger partial charge in [-0.2, -0.15) is 0 Å². The third-order valence-electron chi connectivity index (χ3n) is 4.00. The van der Waals surface area contributed by atoms with Crippen LogP contribution in [0.25, 0.3) is 0 Å². The van der Waals surface area contributed by atoms with E-state index in [1.165, 1.54) is 6.07 Å². The van der Waals surface area contributed by atoms with Gasteiger partial charge >= 0.3 is 0 Å². The Kier molecular flexibility index (Phi) is 2.86. The van der Waals surface area contributed by atoms with Crippen molar-refractivity contribution in [1.29, 1.82) is 0 Å². The van der Waals surface area contributed by atoms with Crippen LogP contribution in [0.5, 0.6) is 0 Å². The first-order valence-electron chi connectivity index (χ1n) is 6.24. The molecule has 92 valence electrons. The molecule has 0 spiro atoms. The number of benzene rings is 1. The Morgan fingerprint density at radius 1 is 1.29 bits per heavy atom. The molecule has 1 aromatic rings. The van der Waals surface area contributed by atoms with Gasteiger partial charge in [-0.3, -0.25) is 10.9 Å². The van der Waals surface area contributed by atoms with Crippen LogP contribution in [0.15, 0.2) is 24.3 Å². The maximum Gasteiger partial charge on any atom is 0.123 e. The number of piperidine rings is 1. The van der Waals surface area contributed by atoms with Crippen LogP contribution in [-0.2, 0) is 0 Å². The molecule has 3 N–H and O–H groups in total. The molecule has 3 nitrogen and oxygen atoms in total. The molecular weight excluding hydrogens is 217 g/mol. The van der Waals surface area contributed by atoms with Gasteiger partial charge in [-0.15, -0.1) is 0 Å². The standard InChI is InChI=1S/C13H18FN3/c1-8-11-6-12(15-7-13(11)17-16-8)9-3-2-4-10(14)5-9/h2-5,8,11-13,15-17H,6-7H2,1H3. The molecule has 2 heterocycles. The first-order valence-corrected chi connectivity index (χ1v) is 6.24. The van der Waals surface area contributed by atoms with E-state index in [9.17, 15) is 4.39 Å². The molecule has 4 heteroatoms. The Labute approximate surface area is 101 Å². The van der Waals surface area contributed by atoms with Crippen molar-refractivity contribution in [3.05, 3.63) is 35.6 Å². The number of fused-ring (bicyclic) bond motifs is 1. The molecule has 2 aliphatic heterocycles. The molecule has 2 saturated heterocycles. The lowest BCUT2D eigenvalue weighted by Gasteiger charge is -2.33. The number of hydrogen-bond donors (Lipinski definition) is 3. The number of halogens is 1. The molecule has 0 radical (unpaired) electrons. The topological polar surface area (TPSA) is 36.1 Å². The third kappa shape index (κ3) is 2.08. The summed E-state index contributed by atoms with van der Waals surface area (Å²) < 4.78 is 13.2. The van der Waals surface area contributed by atoms with Crippen molar-refractivity contribution < 1.29 is 4.39 Å². The Bertz CT molecular complexity index is 409. The zero-order valence-corrected chi connectivity index (χ0v) is 9.91. The second kappa shape index (κ2) is 4.37. The average Bonchev–Trinajstić information content (AvgIpc) is 2.71. The summed E-state index contributed by atoms with van der Waals surface area (Å²) in [5.41, 5.74) is 7.64. The molecule has 1 aromatic carbocycles. The lowest BCUT2D eigenvalue weighted by atomic mass is 9.83. The summed E-state index contributed by atoms with van der Waals surface area (Å²) in [6.45, 7) is 3.13. The quantitative estimate of drug-likeness (QED) is 0.687. The Balaban J connectivity index is 1.77. The van der Waals surface area contributed by atoms with E-state index in [2.05, 4.69) is 23.1 Å². The van der Waals surface area contributed by atoms with Crippen molar-refractivity contribution >= 4 is 0 Å². The van der Waals surface area contributed by atoms with Crippen LogP contribution in [-0.4, -0.2) is 18.6 Å². The molecule has 0 aromatic heterocycles. The van der Waals surface area contributed by atoms with E-state index in [0.29, 0.717) is 18.0 Å². The third-order valence-corrected chi connectivity index (χ3v) is 4.00. The molecule has 2 aliphatic rings. The predicted octanol–water partition coefficient (Wildman–Crippen LogP) is 1.34. The summed E-state index contributed by atoms with van der Waals surface area (Å²) in [4.78, 5) is 0. The van der Waals surface area contributed by atoms with Crippen molar-refractivity contribution in [2.75, 3.05) is 6.54 Å². The van der Waals surface area contributed by atoms with E-state index in [0.717, 1.165) is 18.5 Å². The van der Waals surface area contributed by atoms with Crippen LogP contribution >= 0.6 is 0 Å². The molecule has 0 bridgehead atoms. The number of rotatable bonds is 1. The lowest BCUT2D eigenvalue weighted by molar-refractivity contribution is 0.270. The normalized spacial score (nSPS) is 36.8. The van der Waals surface area contributed by atoms with Gasteiger partial charge in [0.15, 0.2) is 0 Å². The molecular formula is C13H18FN3. The Hall–Kier alpha value is -0.970. The predicted molar refractivity (Wildman–Crippen MR) is 64.8 cm³/mol. The zero-order valence-electron chi connectivity index (χ0n) is 9.91. The Morgan fingerprint density at radius 2 is 2.18 bits per heavy atom. The summed E-state index contributed by atoms with van der Waals surface area (Å²) in [6.07, 6.45) is 1.05. The minimum Gasteiger partial charge on any atom is -0.308 e. The van der Waals surface area contributed by atoms with E-state index < -0.39 is 0 Å². The molecule has 4 unspecified atom stereocenters. The van der Waals surface area contributed by atoms with Crippen molar-refractivity contribution in [2.45, 2.75) is 31.5 Å². The summed E-state index contributed by atoms with van der Waals surface area (Å²) >= 11 is 0. The van der Waals surface area contributed by atoms with Crippen LogP contribution in [0.3, 0.4) is 0 Å². The second-order valence-electron chi connectivity index (χ2n) is 5.10. The van der Waals surface area contributed by atoms with Crippen LogP contribution in [0.2, 0.25) is 0 Å². The van der Waals surface area contributed by atoms with Gasteiger partial charge in [-0.1, -0.05) is 12.1 Å². The molecule has 3 rings (SSSR count). The summed E-state index contributed by atoms with van der Waals surface area (Å²) in [6, 6.07) is 8.17. The molecule has 0 amide bonds. The SMILES string of the molecule is CC1NNC2CNC(c3cccc(F)c3)CC12. The smallest absolute Gasteiger partial charge is 0.123 e. The van der Waals surface area contributed by atoms with Gasteiger partial charge in [0.2, 0.25) is 0 Å². The van der Waals surface area contributed by atoms with Crippen molar-refractivity contribution in [1.82, 2.24) is 16.2 Å². The fourth-order valence-corrected chi connectivity index (χ4v) is 2.97. The van der Waals surface area contributed by atoms with Gasteiger partial charge in [-0.05, 0) is 37.0 Å². The highest BCUT2D eigenvalue weighted by Gasteiger charge is 2.38. The maximum absolute atomic E-state index is 13.2. The molecule has 0 aliphatic carbocycles. The van der Waals surface area contributed by atoms with Gasteiger partial charge in [-0.25, -0.2) is 4.39 Å². The fourth-order valence-electron chi connectivity index (χ4n) is 2.97. The van der Waals surface area contributed by atoms with Gasteiger partial charge in [0.25, 0.3) is 0 Å². The molecule has 0 saturated carbocycles. The minimum atomic E-state index is -0.151. The van der Waals surface area contributed by atoms with Gasteiger partial charge in [0.05, 0.1) is 0 Å². The first kappa shape index (κ1) is 11.1. The molecule has 2 fully saturated rings. The van der Waals surface area contributed by atoms with E-state index in [1.54, 1.807) is 12.1 Å². The van der Waals surface area contributed by atoms with Crippen LogP contribution in [0.4, 0.5) is 4.39 Å².